The normalized spacial score (nSPS) is 15.3. The lowest BCUT2D eigenvalue weighted by atomic mass is 10.2. The molecule has 3 heterocycles. The first-order valence-corrected chi connectivity index (χ1v) is 9.18. The Balaban J connectivity index is 1.50. The Kier molecular flexibility index (Phi) is 5.67. The van der Waals surface area contributed by atoms with E-state index in [1.807, 2.05) is 10.7 Å². The first-order chi connectivity index (χ1) is 12.2. The maximum atomic E-state index is 12.1. The SMILES string of the molecule is CC[C@@H](C)n1nccc1NC(=O)NCCc1nnc2n1CCCCC2. The fraction of sp³-hybridized carbons (Fsp3) is 0.647. The predicted octanol–water partition coefficient (Wildman–Crippen LogP) is 2.54. The third-order valence-electron chi connectivity index (χ3n) is 4.74. The average molecular weight is 345 g/mol. The highest BCUT2D eigenvalue weighted by molar-refractivity contribution is 5.88. The summed E-state index contributed by atoms with van der Waals surface area (Å²) in [7, 11) is 0. The molecule has 0 fully saturated rings. The topological polar surface area (TPSA) is 89.7 Å². The van der Waals surface area contributed by atoms with Crippen molar-refractivity contribution in [1.82, 2.24) is 29.9 Å². The van der Waals surface area contributed by atoms with E-state index >= 15 is 0 Å². The third-order valence-corrected chi connectivity index (χ3v) is 4.74. The largest absolute Gasteiger partial charge is 0.337 e. The Bertz CT molecular complexity index is 706. The van der Waals surface area contributed by atoms with E-state index in [1.54, 1.807) is 6.20 Å². The number of anilines is 1. The van der Waals surface area contributed by atoms with Gasteiger partial charge in [-0.1, -0.05) is 13.3 Å². The van der Waals surface area contributed by atoms with Gasteiger partial charge in [-0.3, -0.25) is 5.32 Å². The van der Waals surface area contributed by atoms with Crippen LogP contribution in [-0.4, -0.2) is 37.1 Å². The fourth-order valence-electron chi connectivity index (χ4n) is 3.12. The van der Waals surface area contributed by atoms with Crippen LogP contribution in [0, 0.1) is 0 Å². The molecular formula is C17H27N7O. The van der Waals surface area contributed by atoms with Gasteiger partial charge in [0.2, 0.25) is 0 Å². The molecule has 3 rings (SSSR count). The van der Waals surface area contributed by atoms with E-state index in [4.69, 9.17) is 0 Å². The van der Waals surface area contributed by atoms with Crippen LogP contribution in [-0.2, 0) is 19.4 Å². The molecule has 8 nitrogen and oxygen atoms in total. The van der Waals surface area contributed by atoms with Crippen LogP contribution in [0.5, 0.6) is 0 Å². The zero-order chi connectivity index (χ0) is 17.6. The summed E-state index contributed by atoms with van der Waals surface area (Å²) in [6, 6.07) is 1.84. The molecule has 0 saturated carbocycles. The van der Waals surface area contributed by atoms with Gasteiger partial charge in [-0.25, -0.2) is 9.48 Å². The molecule has 2 amide bonds. The molecule has 0 saturated heterocycles. The van der Waals surface area contributed by atoms with Crippen molar-refractivity contribution in [2.75, 3.05) is 11.9 Å². The van der Waals surface area contributed by atoms with Crippen LogP contribution in [0.1, 0.15) is 57.2 Å². The van der Waals surface area contributed by atoms with E-state index in [0.29, 0.717) is 18.8 Å². The Morgan fingerprint density at radius 3 is 3.04 bits per heavy atom. The summed E-state index contributed by atoms with van der Waals surface area (Å²) in [6.45, 7) is 5.68. The maximum absolute atomic E-state index is 12.1. The Labute approximate surface area is 148 Å². The quantitative estimate of drug-likeness (QED) is 0.842. The Hall–Kier alpha value is -2.38. The van der Waals surface area contributed by atoms with Gasteiger partial charge >= 0.3 is 6.03 Å². The average Bonchev–Trinajstić information content (AvgIpc) is 3.14. The van der Waals surface area contributed by atoms with Gasteiger partial charge in [0.25, 0.3) is 0 Å². The molecule has 0 bridgehead atoms. The lowest BCUT2D eigenvalue weighted by Gasteiger charge is -2.14. The van der Waals surface area contributed by atoms with Gasteiger partial charge in [-0.05, 0) is 26.2 Å². The highest BCUT2D eigenvalue weighted by Crippen LogP contribution is 2.16. The van der Waals surface area contributed by atoms with Crippen molar-refractivity contribution in [2.24, 2.45) is 0 Å². The van der Waals surface area contributed by atoms with Crippen LogP contribution in [0.15, 0.2) is 12.3 Å². The molecule has 0 spiro atoms. The molecule has 2 aromatic rings. The zero-order valence-electron chi connectivity index (χ0n) is 15.0. The summed E-state index contributed by atoms with van der Waals surface area (Å²) in [6.07, 6.45) is 7.94. The highest BCUT2D eigenvalue weighted by atomic mass is 16.2. The molecule has 0 radical (unpaired) electrons. The van der Waals surface area contributed by atoms with Crippen LogP contribution in [0.2, 0.25) is 0 Å². The van der Waals surface area contributed by atoms with Crippen molar-refractivity contribution >= 4 is 11.8 Å². The number of fused-ring (bicyclic) bond motifs is 1. The Morgan fingerprint density at radius 1 is 1.32 bits per heavy atom. The molecule has 1 aliphatic heterocycles. The van der Waals surface area contributed by atoms with Gasteiger partial charge in [-0.15, -0.1) is 10.2 Å². The van der Waals surface area contributed by atoms with Gasteiger partial charge in [0, 0.05) is 32.0 Å². The van der Waals surface area contributed by atoms with Gasteiger partial charge in [0.05, 0.1) is 12.2 Å². The number of urea groups is 1. The molecule has 0 aliphatic carbocycles. The van der Waals surface area contributed by atoms with Gasteiger partial charge in [0.1, 0.15) is 17.5 Å². The molecule has 2 aromatic heterocycles. The molecule has 8 heteroatoms. The molecule has 25 heavy (non-hydrogen) atoms. The number of aryl methyl sites for hydroxylation is 1. The zero-order valence-corrected chi connectivity index (χ0v) is 15.0. The van der Waals surface area contributed by atoms with Crippen molar-refractivity contribution in [3.05, 3.63) is 23.9 Å². The lowest BCUT2D eigenvalue weighted by molar-refractivity contribution is 0.252. The smallest absolute Gasteiger partial charge is 0.320 e. The summed E-state index contributed by atoms with van der Waals surface area (Å²) < 4.78 is 4.04. The third kappa shape index (κ3) is 4.18. The summed E-state index contributed by atoms with van der Waals surface area (Å²) in [4.78, 5) is 12.1. The van der Waals surface area contributed by atoms with Gasteiger partial charge in [0.15, 0.2) is 0 Å². The van der Waals surface area contributed by atoms with E-state index in [1.165, 1.54) is 19.3 Å². The second-order valence-electron chi connectivity index (χ2n) is 6.54. The van der Waals surface area contributed by atoms with E-state index in [2.05, 4.69) is 44.3 Å². The molecule has 1 aliphatic rings. The van der Waals surface area contributed by atoms with Crippen molar-refractivity contribution in [2.45, 2.75) is 65.0 Å². The highest BCUT2D eigenvalue weighted by Gasteiger charge is 2.15. The molecule has 0 aromatic carbocycles. The monoisotopic (exact) mass is 345 g/mol. The maximum Gasteiger partial charge on any atom is 0.320 e. The molecule has 2 N–H and O–H groups in total. The second-order valence-corrected chi connectivity index (χ2v) is 6.54. The van der Waals surface area contributed by atoms with Crippen molar-refractivity contribution in [3.63, 3.8) is 0 Å². The minimum atomic E-state index is -0.222. The fourth-order valence-corrected chi connectivity index (χ4v) is 3.12. The summed E-state index contributed by atoms with van der Waals surface area (Å²) in [5.74, 6) is 2.75. The predicted molar refractivity (Wildman–Crippen MR) is 95.5 cm³/mol. The number of aromatic nitrogens is 5. The van der Waals surface area contributed by atoms with Crippen LogP contribution in [0.4, 0.5) is 10.6 Å². The lowest BCUT2D eigenvalue weighted by Crippen LogP contribution is -2.32. The summed E-state index contributed by atoms with van der Waals surface area (Å²) >= 11 is 0. The second kappa shape index (κ2) is 8.13. The number of carbonyl (C=O) groups excluding carboxylic acids is 1. The van der Waals surface area contributed by atoms with Crippen LogP contribution < -0.4 is 10.6 Å². The van der Waals surface area contributed by atoms with Crippen LogP contribution in [0.3, 0.4) is 0 Å². The number of hydrogen-bond donors (Lipinski definition) is 2. The first-order valence-electron chi connectivity index (χ1n) is 9.18. The number of nitrogens with one attached hydrogen (secondary N) is 2. The van der Waals surface area contributed by atoms with Gasteiger partial charge in [-0.2, -0.15) is 5.10 Å². The molecular weight excluding hydrogens is 318 g/mol. The van der Waals surface area contributed by atoms with Crippen molar-refractivity contribution in [1.29, 1.82) is 0 Å². The summed E-state index contributed by atoms with van der Waals surface area (Å²) in [5.41, 5.74) is 0. The Morgan fingerprint density at radius 2 is 2.20 bits per heavy atom. The number of carbonyl (C=O) groups is 1. The standard InChI is InChI=1S/C17H27N7O/c1-3-13(2)24-14(9-11-19-24)20-17(25)18-10-8-16-22-21-15-7-5-4-6-12-23(15)16/h9,11,13H,3-8,10,12H2,1-2H3,(H2,18,20,25)/t13-/m1/s1. The summed E-state index contributed by atoms with van der Waals surface area (Å²) in [5, 5.41) is 18.6. The molecule has 0 unspecified atom stereocenters. The van der Waals surface area contributed by atoms with E-state index in [-0.39, 0.29) is 12.1 Å². The van der Waals surface area contributed by atoms with Crippen LogP contribution in [0.25, 0.3) is 0 Å². The van der Waals surface area contributed by atoms with Crippen molar-refractivity contribution in [3.8, 4) is 0 Å². The van der Waals surface area contributed by atoms with Gasteiger partial charge < -0.3 is 9.88 Å². The number of rotatable bonds is 6. The molecule has 136 valence electrons. The minimum Gasteiger partial charge on any atom is -0.337 e. The number of hydrogen-bond acceptors (Lipinski definition) is 4. The first kappa shape index (κ1) is 17.4. The van der Waals surface area contributed by atoms with E-state index in [9.17, 15) is 4.79 Å². The number of nitrogens with zero attached hydrogens (tertiary/aromatic N) is 5. The number of amides is 2. The van der Waals surface area contributed by atoms with Crippen molar-refractivity contribution < 1.29 is 4.79 Å². The van der Waals surface area contributed by atoms with Crippen LogP contribution >= 0.6 is 0 Å². The van der Waals surface area contributed by atoms with E-state index < -0.39 is 0 Å². The molecule has 1 atom stereocenters. The minimum absolute atomic E-state index is 0.222. The van der Waals surface area contributed by atoms with E-state index in [0.717, 1.165) is 31.0 Å².